The van der Waals surface area contributed by atoms with Gasteiger partial charge in [-0.25, -0.2) is 0 Å². The van der Waals surface area contributed by atoms with Crippen LogP contribution in [0.4, 0.5) is 0 Å². The van der Waals surface area contributed by atoms with Crippen molar-refractivity contribution in [2.75, 3.05) is 26.2 Å². The van der Waals surface area contributed by atoms with Gasteiger partial charge in [-0.3, -0.25) is 9.59 Å². The maximum Gasteiger partial charge on any atom is 0.305 e. The number of piperidine rings is 1. The molecule has 2 rings (SSSR count). The molecule has 6 heteroatoms. The van der Waals surface area contributed by atoms with E-state index in [-0.39, 0.29) is 31.1 Å². The maximum atomic E-state index is 12.2. The van der Waals surface area contributed by atoms with E-state index < -0.39 is 5.97 Å². The van der Waals surface area contributed by atoms with Crippen molar-refractivity contribution in [3.8, 4) is 0 Å². The normalized spacial score (nSPS) is 24.6. The average molecular weight is 270 g/mol. The van der Waals surface area contributed by atoms with Crippen LogP contribution in [0.2, 0.25) is 0 Å². The Morgan fingerprint density at radius 3 is 2.58 bits per heavy atom. The lowest BCUT2D eigenvalue weighted by molar-refractivity contribution is -0.139. The van der Waals surface area contributed by atoms with Gasteiger partial charge in [-0.05, 0) is 32.2 Å². The highest BCUT2D eigenvalue weighted by Crippen LogP contribution is 2.17. The predicted octanol–water partition coefficient (Wildman–Crippen LogP) is 0.221. The van der Waals surface area contributed by atoms with Gasteiger partial charge in [0.25, 0.3) is 0 Å². The zero-order valence-electron chi connectivity index (χ0n) is 11.1. The van der Waals surface area contributed by atoms with E-state index in [1.165, 1.54) is 0 Å². The second-order valence-corrected chi connectivity index (χ2v) is 5.19. The molecule has 0 bridgehead atoms. The number of carbonyl (C=O) groups excluding carboxylic acids is 1. The van der Waals surface area contributed by atoms with Crippen molar-refractivity contribution in [1.82, 2.24) is 10.2 Å². The largest absolute Gasteiger partial charge is 0.481 e. The van der Waals surface area contributed by atoms with E-state index in [0.717, 1.165) is 45.3 Å². The third kappa shape index (κ3) is 4.18. The number of nitrogens with zero attached hydrogens (tertiary/aromatic N) is 1. The molecule has 0 radical (unpaired) electrons. The summed E-state index contributed by atoms with van der Waals surface area (Å²) in [6, 6.07) is 0.00415. The Labute approximate surface area is 113 Å². The highest BCUT2D eigenvalue weighted by atomic mass is 16.5. The van der Waals surface area contributed by atoms with E-state index in [0.29, 0.717) is 0 Å². The molecule has 0 spiro atoms. The fourth-order valence-electron chi connectivity index (χ4n) is 2.67. The van der Waals surface area contributed by atoms with Crippen LogP contribution in [-0.4, -0.2) is 60.3 Å². The molecule has 6 nitrogen and oxygen atoms in total. The summed E-state index contributed by atoms with van der Waals surface area (Å²) < 4.78 is 5.51. The molecule has 2 N–H and O–H groups in total. The predicted molar refractivity (Wildman–Crippen MR) is 68.8 cm³/mol. The van der Waals surface area contributed by atoms with Crippen molar-refractivity contribution in [2.24, 2.45) is 0 Å². The first kappa shape index (κ1) is 14.3. The minimum absolute atomic E-state index is 0.00415. The summed E-state index contributed by atoms with van der Waals surface area (Å²) in [6.45, 7) is 2.63. The van der Waals surface area contributed by atoms with Gasteiger partial charge >= 0.3 is 5.97 Å². The number of ether oxygens (including phenoxy) is 1. The van der Waals surface area contributed by atoms with Crippen LogP contribution in [-0.2, 0) is 14.3 Å². The van der Waals surface area contributed by atoms with Crippen LogP contribution < -0.4 is 5.32 Å². The lowest BCUT2D eigenvalue weighted by Gasteiger charge is -2.33. The first-order valence-electron chi connectivity index (χ1n) is 7.02. The van der Waals surface area contributed by atoms with Gasteiger partial charge in [-0.2, -0.15) is 0 Å². The molecule has 1 amide bonds. The second-order valence-electron chi connectivity index (χ2n) is 5.19. The summed E-state index contributed by atoms with van der Waals surface area (Å²) >= 11 is 0. The van der Waals surface area contributed by atoms with Crippen molar-refractivity contribution in [3.63, 3.8) is 0 Å². The molecule has 0 aliphatic carbocycles. The second kappa shape index (κ2) is 6.86. The fourth-order valence-corrected chi connectivity index (χ4v) is 2.67. The number of carbonyl (C=O) groups is 2. The molecule has 108 valence electrons. The molecule has 2 heterocycles. The molecule has 0 aromatic heterocycles. The monoisotopic (exact) mass is 270 g/mol. The Bertz CT molecular complexity index is 321. The third-order valence-corrected chi connectivity index (χ3v) is 3.78. The van der Waals surface area contributed by atoms with Crippen LogP contribution >= 0.6 is 0 Å². The van der Waals surface area contributed by atoms with Gasteiger partial charge in [-0.15, -0.1) is 0 Å². The van der Waals surface area contributed by atoms with Gasteiger partial charge in [0.05, 0.1) is 25.2 Å². The van der Waals surface area contributed by atoms with Gasteiger partial charge in [0, 0.05) is 13.1 Å². The minimum Gasteiger partial charge on any atom is -0.481 e. The van der Waals surface area contributed by atoms with Crippen LogP contribution in [0.25, 0.3) is 0 Å². The van der Waals surface area contributed by atoms with Crippen molar-refractivity contribution in [1.29, 1.82) is 0 Å². The van der Waals surface area contributed by atoms with E-state index in [4.69, 9.17) is 9.84 Å². The van der Waals surface area contributed by atoms with Gasteiger partial charge in [0.1, 0.15) is 0 Å². The SMILES string of the molecule is O=C(O)CCOC1CCN(C(=O)C2CCCN2)CC1. The number of rotatable bonds is 5. The van der Waals surface area contributed by atoms with Crippen LogP contribution in [0.1, 0.15) is 32.1 Å². The topological polar surface area (TPSA) is 78.9 Å². The smallest absolute Gasteiger partial charge is 0.305 e. The summed E-state index contributed by atoms with van der Waals surface area (Å²) in [6.07, 6.45) is 3.76. The summed E-state index contributed by atoms with van der Waals surface area (Å²) in [5.74, 6) is -0.624. The molecular weight excluding hydrogens is 248 g/mol. The molecule has 2 aliphatic heterocycles. The molecule has 0 aromatic carbocycles. The first-order valence-corrected chi connectivity index (χ1v) is 7.02. The van der Waals surface area contributed by atoms with Gasteiger partial charge in [0.15, 0.2) is 0 Å². The summed E-state index contributed by atoms with van der Waals surface area (Å²) in [4.78, 5) is 24.4. The zero-order chi connectivity index (χ0) is 13.7. The lowest BCUT2D eigenvalue weighted by Crippen LogP contribution is -2.48. The highest BCUT2D eigenvalue weighted by molar-refractivity contribution is 5.82. The molecule has 0 saturated carbocycles. The van der Waals surface area contributed by atoms with Crippen LogP contribution in [0, 0.1) is 0 Å². The number of likely N-dealkylation sites (tertiary alicyclic amines) is 1. The number of aliphatic carboxylic acids is 1. The van der Waals surface area contributed by atoms with Crippen molar-refractivity contribution in [2.45, 2.75) is 44.2 Å². The lowest BCUT2D eigenvalue weighted by atomic mass is 10.1. The number of hydrogen-bond donors (Lipinski definition) is 2. The zero-order valence-corrected chi connectivity index (χ0v) is 11.1. The molecule has 1 unspecified atom stereocenters. The quantitative estimate of drug-likeness (QED) is 0.747. The van der Waals surface area contributed by atoms with E-state index >= 15 is 0 Å². The Balaban J connectivity index is 1.67. The van der Waals surface area contributed by atoms with Crippen molar-refractivity contribution >= 4 is 11.9 Å². The van der Waals surface area contributed by atoms with Gasteiger partial charge < -0.3 is 20.1 Å². The Morgan fingerprint density at radius 1 is 1.26 bits per heavy atom. The molecule has 2 fully saturated rings. The van der Waals surface area contributed by atoms with E-state index in [1.807, 2.05) is 4.90 Å². The van der Waals surface area contributed by atoms with E-state index in [9.17, 15) is 9.59 Å². The standard InChI is InChI=1S/C13H22N2O4/c16-12(17)5-9-19-10-3-7-15(8-4-10)13(18)11-2-1-6-14-11/h10-11,14H,1-9H2,(H,16,17). The Kier molecular flexibility index (Phi) is 5.15. The Morgan fingerprint density at radius 2 is 2.00 bits per heavy atom. The molecule has 0 aromatic rings. The van der Waals surface area contributed by atoms with Crippen LogP contribution in [0.15, 0.2) is 0 Å². The number of nitrogens with one attached hydrogen (secondary N) is 1. The fraction of sp³-hybridized carbons (Fsp3) is 0.846. The molecular formula is C13H22N2O4. The Hall–Kier alpha value is -1.14. The number of carboxylic acids is 1. The molecule has 19 heavy (non-hydrogen) atoms. The van der Waals surface area contributed by atoms with Crippen LogP contribution in [0.3, 0.4) is 0 Å². The van der Waals surface area contributed by atoms with E-state index in [2.05, 4.69) is 5.32 Å². The first-order chi connectivity index (χ1) is 9.16. The molecule has 2 saturated heterocycles. The van der Waals surface area contributed by atoms with Gasteiger partial charge in [0.2, 0.25) is 5.91 Å². The number of carboxylic acid groups (broad SMARTS) is 1. The van der Waals surface area contributed by atoms with Crippen LogP contribution in [0.5, 0.6) is 0 Å². The van der Waals surface area contributed by atoms with E-state index in [1.54, 1.807) is 0 Å². The van der Waals surface area contributed by atoms with Crippen molar-refractivity contribution in [3.05, 3.63) is 0 Å². The maximum absolute atomic E-state index is 12.2. The minimum atomic E-state index is -0.833. The average Bonchev–Trinajstić information content (AvgIpc) is 2.92. The summed E-state index contributed by atoms with van der Waals surface area (Å²) in [5.41, 5.74) is 0. The van der Waals surface area contributed by atoms with Gasteiger partial charge in [-0.1, -0.05) is 0 Å². The van der Waals surface area contributed by atoms with Crippen molar-refractivity contribution < 1.29 is 19.4 Å². The molecule has 1 atom stereocenters. The third-order valence-electron chi connectivity index (χ3n) is 3.78. The summed E-state index contributed by atoms with van der Waals surface area (Å²) in [5, 5.41) is 11.8. The summed E-state index contributed by atoms with van der Waals surface area (Å²) in [7, 11) is 0. The molecule has 2 aliphatic rings. The number of hydrogen-bond acceptors (Lipinski definition) is 4. The highest BCUT2D eigenvalue weighted by Gasteiger charge is 2.29. The number of amides is 1.